The molecule has 0 amide bonds. The molecule has 7 heteroatoms. The van der Waals surface area contributed by atoms with Crippen molar-refractivity contribution in [1.82, 2.24) is 4.72 Å². The van der Waals surface area contributed by atoms with Crippen LogP contribution in [0.4, 0.5) is 8.78 Å². The van der Waals surface area contributed by atoms with Gasteiger partial charge in [-0.2, -0.15) is 8.78 Å². The smallest absolute Gasteiger partial charge is 0.210 e. The Labute approximate surface area is 85.1 Å². The SMILES string of the molecule is CC(CCBr)CNS(=O)(=O)C(F)F. The molecule has 0 spiro atoms. The molecule has 0 aliphatic heterocycles. The van der Waals surface area contributed by atoms with Crippen LogP contribution in [-0.2, 0) is 10.0 Å². The fourth-order valence-electron chi connectivity index (χ4n) is 0.610. The molecule has 0 heterocycles. The van der Waals surface area contributed by atoms with Crippen LogP contribution in [0.2, 0.25) is 0 Å². The van der Waals surface area contributed by atoms with Gasteiger partial charge in [-0.1, -0.05) is 22.9 Å². The number of alkyl halides is 3. The zero-order chi connectivity index (χ0) is 10.5. The molecule has 0 aromatic rings. The first-order chi connectivity index (χ1) is 5.90. The third-order valence-electron chi connectivity index (χ3n) is 1.47. The molecule has 3 nitrogen and oxygen atoms in total. The first kappa shape index (κ1) is 13.2. The molecule has 0 aromatic carbocycles. The van der Waals surface area contributed by atoms with E-state index in [2.05, 4.69) is 15.9 Å². The van der Waals surface area contributed by atoms with Crippen LogP contribution in [-0.4, -0.2) is 26.1 Å². The molecule has 0 aromatic heterocycles. The molecular weight excluding hydrogens is 268 g/mol. The minimum absolute atomic E-state index is 0.0490. The first-order valence-electron chi connectivity index (χ1n) is 3.72. The molecule has 1 unspecified atom stereocenters. The Hall–Kier alpha value is 0.250. The van der Waals surface area contributed by atoms with Crippen LogP contribution in [0.25, 0.3) is 0 Å². The average Bonchev–Trinajstić information content (AvgIpc) is 2.01. The summed E-state index contributed by atoms with van der Waals surface area (Å²) in [5, 5.41) is 0.727. The van der Waals surface area contributed by atoms with E-state index in [-0.39, 0.29) is 12.5 Å². The maximum atomic E-state index is 11.8. The Kier molecular flexibility index (Phi) is 5.98. The van der Waals surface area contributed by atoms with Crippen LogP contribution in [0.15, 0.2) is 0 Å². The minimum atomic E-state index is -4.41. The zero-order valence-corrected chi connectivity index (χ0v) is 9.54. The molecule has 1 atom stereocenters. The molecule has 0 aliphatic carbocycles. The molecule has 0 fully saturated rings. The highest BCUT2D eigenvalue weighted by Crippen LogP contribution is 2.06. The van der Waals surface area contributed by atoms with Crippen LogP contribution >= 0.6 is 15.9 Å². The van der Waals surface area contributed by atoms with Crippen molar-refractivity contribution >= 4 is 26.0 Å². The van der Waals surface area contributed by atoms with Crippen LogP contribution in [0, 0.1) is 5.92 Å². The van der Waals surface area contributed by atoms with Gasteiger partial charge in [-0.3, -0.25) is 0 Å². The summed E-state index contributed by atoms with van der Waals surface area (Å²) in [4.78, 5) is 0. The van der Waals surface area contributed by atoms with Gasteiger partial charge in [-0.05, 0) is 12.3 Å². The van der Waals surface area contributed by atoms with Gasteiger partial charge in [0.1, 0.15) is 0 Å². The van der Waals surface area contributed by atoms with E-state index < -0.39 is 15.8 Å². The zero-order valence-electron chi connectivity index (χ0n) is 7.13. The van der Waals surface area contributed by atoms with Gasteiger partial charge >= 0.3 is 5.76 Å². The second kappa shape index (κ2) is 5.87. The van der Waals surface area contributed by atoms with Crippen molar-refractivity contribution in [3.8, 4) is 0 Å². The minimum Gasteiger partial charge on any atom is -0.210 e. The summed E-state index contributed by atoms with van der Waals surface area (Å²) < 4.78 is 46.6. The Balaban J connectivity index is 3.89. The summed E-state index contributed by atoms with van der Waals surface area (Å²) in [6.07, 6.45) is 0.742. The van der Waals surface area contributed by atoms with Gasteiger partial charge in [0.25, 0.3) is 10.0 Å². The van der Waals surface area contributed by atoms with E-state index in [1.54, 1.807) is 6.92 Å². The predicted molar refractivity (Wildman–Crippen MR) is 50.5 cm³/mol. The van der Waals surface area contributed by atoms with Crippen molar-refractivity contribution in [3.05, 3.63) is 0 Å². The van der Waals surface area contributed by atoms with Crippen molar-refractivity contribution in [2.45, 2.75) is 19.1 Å². The molecular formula is C6H12BrF2NO2S. The van der Waals surface area contributed by atoms with E-state index in [0.29, 0.717) is 0 Å². The van der Waals surface area contributed by atoms with E-state index in [9.17, 15) is 17.2 Å². The van der Waals surface area contributed by atoms with Crippen molar-refractivity contribution < 1.29 is 17.2 Å². The van der Waals surface area contributed by atoms with Crippen LogP contribution in [0.3, 0.4) is 0 Å². The molecule has 13 heavy (non-hydrogen) atoms. The number of halogens is 3. The Morgan fingerprint density at radius 3 is 2.38 bits per heavy atom. The quantitative estimate of drug-likeness (QED) is 0.750. The van der Waals surface area contributed by atoms with Gasteiger partial charge in [0.15, 0.2) is 0 Å². The van der Waals surface area contributed by atoms with E-state index in [1.165, 1.54) is 0 Å². The second-order valence-corrected chi connectivity index (χ2v) is 5.26. The monoisotopic (exact) mass is 279 g/mol. The third kappa shape index (κ3) is 5.53. The molecule has 0 saturated carbocycles. The first-order valence-corrected chi connectivity index (χ1v) is 6.39. The summed E-state index contributed by atoms with van der Waals surface area (Å²) in [5.74, 6) is -3.29. The molecule has 0 rings (SSSR count). The Morgan fingerprint density at radius 1 is 1.46 bits per heavy atom. The highest BCUT2D eigenvalue weighted by atomic mass is 79.9. The highest BCUT2D eigenvalue weighted by molar-refractivity contribution is 9.09. The lowest BCUT2D eigenvalue weighted by atomic mass is 10.1. The molecule has 0 saturated heterocycles. The third-order valence-corrected chi connectivity index (χ3v) is 2.97. The number of nitrogens with one attached hydrogen (secondary N) is 1. The molecule has 80 valence electrons. The van der Waals surface area contributed by atoms with Crippen molar-refractivity contribution in [2.24, 2.45) is 5.92 Å². The van der Waals surface area contributed by atoms with E-state index in [1.807, 2.05) is 4.72 Å². The fraction of sp³-hybridized carbons (Fsp3) is 1.00. The number of rotatable bonds is 6. The summed E-state index contributed by atoms with van der Waals surface area (Å²) in [5.41, 5.74) is 0. The van der Waals surface area contributed by atoms with Gasteiger partial charge in [0, 0.05) is 11.9 Å². The topological polar surface area (TPSA) is 46.2 Å². The van der Waals surface area contributed by atoms with E-state index >= 15 is 0 Å². The van der Waals surface area contributed by atoms with Gasteiger partial charge in [0.05, 0.1) is 0 Å². The summed E-state index contributed by atoms with van der Waals surface area (Å²) in [6.45, 7) is 1.84. The van der Waals surface area contributed by atoms with E-state index in [0.717, 1.165) is 11.8 Å². The lowest BCUT2D eigenvalue weighted by Gasteiger charge is -2.10. The fourth-order valence-corrected chi connectivity index (χ4v) is 2.03. The second-order valence-electron chi connectivity index (χ2n) is 2.74. The summed E-state index contributed by atoms with van der Waals surface area (Å²) >= 11 is 3.17. The van der Waals surface area contributed by atoms with Crippen molar-refractivity contribution in [3.63, 3.8) is 0 Å². The Morgan fingerprint density at radius 2 is 2.00 bits per heavy atom. The number of sulfonamides is 1. The normalized spacial score (nSPS) is 14.8. The lowest BCUT2D eigenvalue weighted by Crippen LogP contribution is -2.32. The molecule has 0 aliphatic rings. The van der Waals surface area contributed by atoms with Crippen LogP contribution in [0.1, 0.15) is 13.3 Å². The lowest BCUT2D eigenvalue weighted by molar-refractivity contribution is 0.232. The van der Waals surface area contributed by atoms with Crippen LogP contribution < -0.4 is 4.72 Å². The molecule has 0 bridgehead atoms. The Bertz CT molecular complexity index is 233. The largest absolute Gasteiger partial charge is 0.350 e. The highest BCUT2D eigenvalue weighted by Gasteiger charge is 2.23. The number of hydrogen-bond donors (Lipinski definition) is 1. The van der Waals surface area contributed by atoms with Crippen LogP contribution in [0.5, 0.6) is 0 Å². The summed E-state index contributed by atoms with van der Waals surface area (Å²) in [7, 11) is -4.41. The maximum absolute atomic E-state index is 11.8. The predicted octanol–water partition coefficient (Wildman–Crippen LogP) is 1.55. The maximum Gasteiger partial charge on any atom is 0.350 e. The van der Waals surface area contributed by atoms with Gasteiger partial charge in [0.2, 0.25) is 0 Å². The van der Waals surface area contributed by atoms with Gasteiger partial charge < -0.3 is 0 Å². The number of hydrogen-bond acceptors (Lipinski definition) is 2. The summed E-state index contributed by atoms with van der Waals surface area (Å²) in [6, 6.07) is 0. The van der Waals surface area contributed by atoms with Crippen molar-refractivity contribution in [1.29, 1.82) is 0 Å². The molecule has 1 N–H and O–H groups in total. The standard InChI is InChI=1S/C6H12BrF2NO2S/c1-5(2-3-7)4-10-13(11,12)6(8)9/h5-6,10H,2-4H2,1H3. The van der Waals surface area contributed by atoms with Gasteiger partial charge in [-0.15, -0.1) is 0 Å². The average molecular weight is 280 g/mol. The molecule has 0 radical (unpaired) electrons. The van der Waals surface area contributed by atoms with E-state index in [4.69, 9.17) is 0 Å². The van der Waals surface area contributed by atoms with Crippen molar-refractivity contribution in [2.75, 3.05) is 11.9 Å². The van der Waals surface area contributed by atoms with Gasteiger partial charge in [-0.25, -0.2) is 13.1 Å².